The topological polar surface area (TPSA) is 49.4 Å². The summed E-state index contributed by atoms with van der Waals surface area (Å²) in [7, 11) is 1.57. The summed E-state index contributed by atoms with van der Waals surface area (Å²) in [6, 6.07) is 0.118. The van der Waals surface area contributed by atoms with Gasteiger partial charge in [0.15, 0.2) is 0 Å². The minimum Gasteiger partial charge on any atom is -0.303 e. The third-order valence-corrected chi connectivity index (χ3v) is 4.87. The summed E-state index contributed by atoms with van der Waals surface area (Å²) < 4.78 is 0. The van der Waals surface area contributed by atoms with Crippen LogP contribution in [0.4, 0.5) is 0 Å². The van der Waals surface area contributed by atoms with Crippen LogP contribution in [0.3, 0.4) is 0 Å². The van der Waals surface area contributed by atoms with Crippen molar-refractivity contribution in [3.05, 3.63) is 0 Å². The number of rotatable bonds is 3. The quantitative estimate of drug-likeness (QED) is 0.766. The second kappa shape index (κ2) is 5.40. The van der Waals surface area contributed by atoms with Crippen LogP contribution in [0.25, 0.3) is 0 Å². The molecule has 2 rings (SSSR count). The van der Waals surface area contributed by atoms with Crippen molar-refractivity contribution in [2.45, 2.75) is 49.4 Å². The standard InChI is InChI=1S/C12H20N2O2S/c1-14-11(15)7-10(12(14)16)13-8-4-3-5-9(6-8)17-2/h8-10,13H,3-7H2,1-2H3. The van der Waals surface area contributed by atoms with Crippen LogP contribution in [0.15, 0.2) is 0 Å². The molecule has 1 aliphatic heterocycles. The third kappa shape index (κ3) is 2.83. The van der Waals surface area contributed by atoms with Gasteiger partial charge in [-0.15, -0.1) is 0 Å². The predicted octanol–water partition coefficient (Wildman–Crippen LogP) is 1.01. The molecule has 1 heterocycles. The highest BCUT2D eigenvalue weighted by Crippen LogP contribution is 2.27. The van der Waals surface area contributed by atoms with E-state index >= 15 is 0 Å². The number of amides is 2. The lowest BCUT2D eigenvalue weighted by atomic mass is 9.94. The maximum atomic E-state index is 11.8. The summed E-state index contributed by atoms with van der Waals surface area (Å²) in [5.74, 6) is -0.133. The highest BCUT2D eigenvalue weighted by molar-refractivity contribution is 7.99. The van der Waals surface area contributed by atoms with E-state index in [4.69, 9.17) is 0 Å². The van der Waals surface area contributed by atoms with Crippen LogP contribution in [0.1, 0.15) is 32.1 Å². The van der Waals surface area contributed by atoms with Crippen LogP contribution in [0.2, 0.25) is 0 Å². The van der Waals surface area contributed by atoms with E-state index in [1.807, 2.05) is 11.8 Å². The van der Waals surface area contributed by atoms with Gasteiger partial charge in [0, 0.05) is 18.3 Å². The van der Waals surface area contributed by atoms with Gasteiger partial charge in [-0.05, 0) is 25.5 Å². The van der Waals surface area contributed by atoms with Gasteiger partial charge in [0.1, 0.15) is 0 Å². The molecule has 0 aromatic carbocycles. The number of hydrogen-bond acceptors (Lipinski definition) is 4. The number of imide groups is 1. The van der Waals surface area contributed by atoms with E-state index < -0.39 is 0 Å². The van der Waals surface area contributed by atoms with E-state index in [-0.39, 0.29) is 17.9 Å². The van der Waals surface area contributed by atoms with E-state index in [2.05, 4.69) is 11.6 Å². The molecule has 0 spiro atoms. The molecule has 4 nitrogen and oxygen atoms in total. The molecule has 3 unspecified atom stereocenters. The van der Waals surface area contributed by atoms with E-state index in [0.717, 1.165) is 12.8 Å². The molecule has 1 N–H and O–H groups in total. The Kier molecular flexibility index (Phi) is 4.09. The molecule has 2 fully saturated rings. The van der Waals surface area contributed by atoms with Crippen molar-refractivity contribution in [1.82, 2.24) is 10.2 Å². The number of nitrogens with one attached hydrogen (secondary N) is 1. The van der Waals surface area contributed by atoms with Gasteiger partial charge in [-0.25, -0.2) is 0 Å². The number of hydrogen-bond donors (Lipinski definition) is 1. The van der Waals surface area contributed by atoms with Crippen molar-refractivity contribution >= 4 is 23.6 Å². The Morgan fingerprint density at radius 2 is 2.12 bits per heavy atom. The van der Waals surface area contributed by atoms with E-state index in [1.54, 1.807) is 7.05 Å². The van der Waals surface area contributed by atoms with Crippen LogP contribution < -0.4 is 5.32 Å². The Morgan fingerprint density at radius 3 is 2.71 bits per heavy atom. The molecular formula is C12H20N2O2S. The van der Waals surface area contributed by atoms with Gasteiger partial charge >= 0.3 is 0 Å². The number of thioether (sulfide) groups is 1. The van der Waals surface area contributed by atoms with Crippen LogP contribution in [0.5, 0.6) is 0 Å². The first-order chi connectivity index (χ1) is 8.11. The number of likely N-dealkylation sites (N-methyl/N-ethyl adjacent to an activating group) is 1. The van der Waals surface area contributed by atoms with Crippen molar-refractivity contribution in [2.75, 3.05) is 13.3 Å². The maximum Gasteiger partial charge on any atom is 0.246 e. The number of carbonyl (C=O) groups is 2. The lowest BCUT2D eigenvalue weighted by Gasteiger charge is -2.30. The maximum absolute atomic E-state index is 11.8. The Morgan fingerprint density at radius 1 is 1.35 bits per heavy atom. The van der Waals surface area contributed by atoms with E-state index in [0.29, 0.717) is 17.7 Å². The van der Waals surface area contributed by atoms with Gasteiger partial charge in [0.05, 0.1) is 12.5 Å². The summed E-state index contributed by atoms with van der Waals surface area (Å²) in [4.78, 5) is 24.4. The highest BCUT2D eigenvalue weighted by Gasteiger charge is 2.37. The molecule has 5 heteroatoms. The molecule has 0 radical (unpaired) electrons. The smallest absolute Gasteiger partial charge is 0.246 e. The van der Waals surface area contributed by atoms with Crippen LogP contribution in [-0.2, 0) is 9.59 Å². The van der Waals surface area contributed by atoms with Gasteiger partial charge in [0.2, 0.25) is 11.8 Å². The molecule has 0 aromatic heterocycles. The number of nitrogens with zero attached hydrogens (tertiary/aromatic N) is 1. The lowest BCUT2D eigenvalue weighted by molar-refractivity contribution is -0.137. The minimum atomic E-state index is -0.280. The number of likely N-dealkylation sites (tertiary alicyclic amines) is 1. The first kappa shape index (κ1) is 12.9. The highest BCUT2D eigenvalue weighted by atomic mass is 32.2. The molecule has 96 valence electrons. The van der Waals surface area contributed by atoms with Crippen molar-refractivity contribution in [3.8, 4) is 0 Å². The zero-order valence-electron chi connectivity index (χ0n) is 10.4. The lowest BCUT2D eigenvalue weighted by Crippen LogP contribution is -2.45. The molecule has 2 aliphatic rings. The second-order valence-electron chi connectivity index (χ2n) is 4.94. The zero-order chi connectivity index (χ0) is 12.4. The first-order valence-corrected chi connectivity index (χ1v) is 7.50. The minimum absolute atomic E-state index is 0.0651. The summed E-state index contributed by atoms with van der Waals surface area (Å²) in [6.45, 7) is 0. The molecule has 0 bridgehead atoms. The molecule has 1 saturated carbocycles. The van der Waals surface area contributed by atoms with Gasteiger partial charge in [0.25, 0.3) is 0 Å². The average molecular weight is 256 g/mol. The Hall–Kier alpha value is -0.550. The van der Waals surface area contributed by atoms with Crippen molar-refractivity contribution in [2.24, 2.45) is 0 Å². The summed E-state index contributed by atoms with van der Waals surface area (Å²) in [6.07, 6.45) is 7.20. The van der Waals surface area contributed by atoms with Gasteiger partial charge in [-0.1, -0.05) is 6.42 Å². The largest absolute Gasteiger partial charge is 0.303 e. The van der Waals surface area contributed by atoms with Gasteiger partial charge < -0.3 is 5.32 Å². The third-order valence-electron chi connectivity index (χ3n) is 3.78. The van der Waals surface area contributed by atoms with Crippen molar-refractivity contribution in [1.29, 1.82) is 0 Å². The van der Waals surface area contributed by atoms with Crippen LogP contribution in [-0.4, -0.2) is 47.4 Å². The molecule has 0 aromatic rings. The Labute approximate surface area is 106 Å². The Bertz CT molecular complexity index is 322. The van der Waals surface area contributed by atoms with Gasteiger partial charge in [-0.2, -0.15) is 11.8 Å². The normalized spacial score (nSPS) is 34.5. The number of carbonyl (C=O) groups excluding carboxylic acids is 2. The second-order valence-corrected chi connectivity index (χ2v) is 6.07. The molecule has 1 aliphatic carbocycles. The fraction of sp³-hybridized carbons (Fsp3) is 0.833. The molecular weight excluding hydrogens is 236 g/mol. The van der Waals surface area contributed by atoms with E-state index in [1.165, 1.54) is 17.7 Å². The fourth-order valence-electron chi connectivity index (χ4n) is 2.68. The molecule has 2 amide bonds. The molecule has 3 atom stereocenters. The molecule has 17 heavy (non-hydrogen) atoms. The summed E-state index contributed by atoms with van der Waals surface area (Å²) in [5.41, 5.74) is 0. The van der Waals surface area contributed by atoms with Crippen LogP contribution >= 0.6 is 11.8 Å². The van der Waals surface area contributed by atoms with Crippen LogP contribution in [0, 0.1) is 0 Å². The predicted molar refractivity (Wildman–Crippen MR) is 68.9 cm³/mol. The zero-order valence-corrected chi connectivity index (χ0v) is 11.3. The summed E-state index contributed by atoms with van der Waals surface area (Å²) in [5, 5.41) is 4.07. The summed E-state index contributed by atoms with van der Waals surface area (Å²) >= 11 is 1.91. The monoisotopic (exact) mass is 256 g/mol. The Balaban J connectivity index is 1.89. The first-order valence-electron chi connectivity index (χ1n) is 6.21. The van der Waals surface area contributed by atoms with Crippen molar-refractivity contribution < 1.29 is 9.59 Å². The van der Waals surface area contributed by atoms with E-state index in [9.17, 15) is 9.59 Å². The van der Waals surface area contributed by atoms with Crippen molar-refractivity contribution in [3.63, 3.8) is 0 Å². The average Bonchev–Trinajstić information content (AvgIpc) is 2.57. The molecule has 1 saturated heterocycles. The van der Waals surface area contributed by atoms with Gasteiger partial charge in [-0.3, -0.25) is 14.5 Å². The SMILES string of the molecule is CSC1CCCC(NC2CC(=O)N(C)C2=O)C1. The fourth-order valence-corrected chi connectivity index (χ4v) is 3.51.